The van der Waals surface area contributed by atoms with Crippen LogP contribution in [0.2, 0.25) is 0 Å². The fourth-order valence-electron chi connectivity index (χ4n) is 2.78. The van der Waals surface area contributed by atoms with Gasteiger partial charge in [0.25, 0.3) is 5.69 Å². The van der Waals surface area contributed by atoms with E-state index in [9.17, 15) is 19.3 Å². The van der Waals surface area contributed by atoms with Crippen molar-refractivity contribution in [1.82, 2.24) is 10.2 Å². The van der Waals surface area contributed by atoms with Crippen LogP contribution >= 0.6 is 0 Å². The Morgan fingerprint density at radius 2 is 2.26 bits per heavy atom. The molecule has 23 heavy (non-hydrogen) atoms. The van der Waals surface area contributed by atoms with Crippen molar-refractivity contribution in [2.24, 2.45) is 5.92 Å². The maximum Gasteiger partial charge on any atom is 0.276 e. The molecule has 6 nitrogen and oxygen atoms in total. The highest BCUT2D eigenvalue weighted by atomic mass is 19.1. The molecule has 0 aromatic heterocycles. The number of rotatable bonds is 5. The molecule has 2 rings (SSSR count). The number of likely N-dealkylation sites (tertiary alicyclic amines) is 1. The summed E-state index contributed by atoms with van der Waals surface area (Å²) in [6.45, 7) is 5.15. The SMILES string of the molecule is CC(C)C(=O)N[C@H]1CCCN(Cc2c(F)cccc2[N+](=O)[O-])C1. The Morgan fingerprint density at radius 1 is 1.52 bits per heavy atom. The topological polar surface area (TPSA) is 75.5 Å². The van der Waals surface area contributed by atoms with Crippen LogP contribution in [0.4, 0.5) is 10.1 Å². The number of hydrogen-bond acceptors (Lipinski definition) is 4. The van der Waals surface area contributed by atoms with Gasteiger partial charge in [0.15, 0.2) is 0 Å². The highest BCUT2D eigenvalue weighted by Gasteiger charge is 2.26. The predicted octanol–water partition coefficient (Wildman–Crippen LogP) is 2.47. The Balaban J connectivity index is 2.06. The lowest BCUT2D eigenvalue weighted by atomic mass is 10.0. The average molecular weight is 323 g/mol. The maximum absolute atomic E-state index is 14.0. The minimum atomic E-state index is -0.562. The molecule has 1 saturated heterocycles. The van der Waals surface area contributed by atoms with Crippen molar-refractivity contribution in [2.75, 3.05) is 13.1 Å². The molecule has 1 atom stereocenters. The average Bonchev–Trinajstić information content (AvgIpc) is 2.49. The Labute approximate surface area is 134 Å². The fraction of sp³-hybridized carbons (Fsp3) is 0.562. The van der Waals surface area contributed by atoms with E-state index < -0.39 is 10.7 Å². The highest BCUT2D eigenvalue weighted by Crippen LogP contribution is 2.24. The van der Waals surface area contributed by atoms with Crippen LogP contribution < -0.4 is 5.32 Å². The van der Waals surface area contributed by atoms with E-state index in [2.05, 4.69) is 5.32 Å². The van der Waals surface area contributed by atoms with Crippen molar-refractivity contribution in [3.8, 4) is 0 Å². The molecule has 7 heteroatoms. The Kier molecular flexibility index (Phi) is 5.65. The summed E-state index contributed by atoms with van der Waals surface area (Å²) in [6, 6.07) is 3.91. The standard InChI is InChI=1S/C16H22FN3O3/c1-11(2)16(21)18-12-5-4-8-19(9-12)10-13-14(17)6-3-7-15(13)20(22)23/h3,6-7,11-12H,4-5,8-10H2,1-2H3,(H,18,21)/t12-/m0/s1. The van der Waals surface area contributed by atoms with Gasteiger partial charge in [0.05, 0.1) is 10.5 Å². The van der Waals surface area contributed by atoms with Crippen LogP contribution in [0.1, 0.15) is 32.3 Å². The molecule has 0 saturated carbocycles. The molecule has 1 aliphatic heterocycles. The molecule has 1 amide bonds. The molecule has 1 heterocycles. The van der Waals surface area contributed by atoms with Crippen LogP contribution in [0, 0.1) is 21.8 Å². The molecule has 0 unspecified atom stereocenters. The Bertz CT molecular complexity index is 592. The van der Waals surface area contributed by atoms with Crippen LogP contribution in [-0.4, -0.2) is 34.9 Å². The number of halogens is 1. The Hall–Kier alpha value is -2.02. The van der Waals surface area contributed by atoms with Crippen molar-refractivity contribution < 1.29 is 14.1 Å². The summed E-state index contributed by atoms with van der Waals surface area (Å²) in [7, 11) is 0. The molecule has 0 radical (unpaired) electrons. The van der Waals surface area contributed by atoms with E-state index in [1.807, 2.05) is 18.7 Å². The largest absolute Gasteiger partial charge is 0.352 e. The zero-order valence-corrected chi connectivity index (χ0v) is 13.4. The van der Waals surface area contributed by atoms with Gasteiger partial charge < -0.3 is 5.32 Å². The minimum Gasteiger partial charge on any atom is -0.352 e. The second kappa shape index (κ2) is 7.50. The lowest BCUT2D eigenvalue weighted by Crippen LogP contribution is -2.48. The summed E-state index contributed by atoms with van der Waals surface area (Å²) in [6.07, 6.45) is 1.74. The first-order valence-electron chi connectivity index (χ1n) is 7.83. The smallest absolute Gasteiger partial charge is 0.276 e. The number of carbonyl (C=O) groups excluding carboxylic acids is 1. The minimum absolute atomic E-state index is 0.00415. The van der Waals surface area contributed by atoms with Gasteiger partial charge in [-0.3, -0.25) is 19.8 Å². The van der Waals surface area contributed by atoms with Gasteiger partial charge in [-0.15, -0.1) is 0 Å². The molecule has 0 bridgehead atoms. The van der Waals surface area contributed by atoms with Gasteiger partial charge in [-0.05, 0) is 25.5 Å². The lowest BCUT2D eigenvalue weighted by Gasteiger charge is -2.33. The summed E-state index contributed by atoms with van der Waals surface area (Å²) in [5.41, 5.74) is -0.0910. The van der Waals surface area contributed by atoms with Gasteiger partial charge in [0, 0.05) is 31.1 Å². The van der Waals surface area contributed by atoms with Crippen LogP contribution in [-0.2, 0) is 11.3 Å². The van der Waals surface area contributed by atoms with Crippen molar-refractivity contribution >= 4 is 11.6 Å². The highest BCUT2D eigenvalue weighted by molar-refractivity contribution is 5.78. The number of benzene rings is 1. The molecule has 0 aliphatic carbocycles. The van der Waals surface area contributed by atoms with Gasteiger partial charge in [0.2, 0.25) is 5.91 Å². The van der Waals surface area contributed by atoms with Crippen LogP contribution in [0.3, 0.4) is 0 Å². The second-order valence-electron chi connectivity index (χ2n) is 6.23. The van der Waals surface area contributed by atoms with Crippen LogP contribution in [0.15, 0.2) is 18.2 Å². The quantitative estimate of drug-likeness (QED) is 0.667. The monoisotopic (exact) mass is 323 g/mol. The third-order valence-corrected chi connectivity index (χ3v) is 4.05. The molecule has 1 N–H and O–H groups in total. The summed E-state index contributed by atoms with van der Waals surface area (Å²) >= 11 is 0. The van der Waals surface area contributed by atoms with Gasteiger partial charge in [0.1, 0.15) is 5.82 Å². The first-order valence-corrected chi connectivity index (χ1v) is 7.83. The van der Waals surface area contributed by atoms with Gasteiger partial charge >= 0.3 is 0 Å². The molecule has 1 fully saturated rings. The number of carbonyl (C=O) groups is 1. The Morgan fingerprint density at radius 3 is 2.91 bits per heavy atom. The third-order valence-electron chi connectivity index (χ3n) is 4.05. The van der Waals surface area contributed by atoms with Crippen molar-refractivity contribution in [3.05, 3.63) is 39.7 Å². The first kappa shape index (κ1) is 17.3. The van der Waals surface area contributed by atoms with E-state index in [0.717, 1.165) is 19.4 Å². The fourth-order valence-corrected chi connectivity index (χ4v) is 2.78. The third kappa shape index (κ3) is 4.48. The van der Waals surface area contributed by atoms with Crippen molar-refractivity contribution in [3.63, 3.8) is 0 Å². The summed E-state index contributed by atoms with van der Waals surface area (Å²) in [4.78, 5) is 24.3. The summed E-state index contributed by atoms with van der Waals surface area (Å²) < 4.78 is 14.0. The van der Waals surface area contributed by atoms with Gasteiger partial charge in [-0.2, -0.15) is 0 Å². The van der Waals surface area contributed by atoms with E-state index in [0.29, 0.717) is 6.54 Å². The molecule has 1 aromatic rings. The maximum atomic E-state index is 14.0. The van der Waals surface area contributed by atoms with Crippen molar-refractivity contribution in [1.29, 1.82) is 0 Å². The predicted molar refractivity (Wildman–Crippen MR) is 84.3 cm³/mol. The van der Waals surface area contributed by atoms with Crippen LogP contribution in [0.5, 0.6) is 0 Å². The molecular formula is C16H22FN3O3. The normalized spacial score (nSPS) is 18.9. The number of nitrogens with zero attached hydrogens (tertiary/aromatic N) is 2. The molecule has 1 aromatic carbocycles. The lowest BCUT2D eigenvalue weighted by molar-refractivity contribution is -0.386. The summed E-state index contributed by atoms with van der Waals surface area (Å²) in [5.74, 6) is -0.653. The number of nitro groups is 1. The zero-order chi connectivity index (χ0) is 17.0. The van der Waals surface area contributed by atoms with Crippen molar-refractivity contribution in [2.45, 2.75) is 39.3 Å². The zero-order valence-electron chi connectivity index (χ0n) is 13.4. The number of nitrogens with one attached hydrogen (secondary N) is 1. The van der Waals surface area contributed by atoms with E-state index in [4.69, 9.17) is 0 Å². The second-order valence-corrected chi connectivity index (χ2v) is 6.23. The molecular weight excluding hydrogens is 301 g/mol. The van der Waals surface area contributed by atoms with Gasteiger partial charge in [-0.25, -0.2) is 4.39 Å². The molecule has 0 spiro atoms. The summed E-state index contributed by atoms with van der Waals surface area (Å²) in [5, 5.41) is 14.0. The van der Waals surface area contributed by atoms with E-state index in [1.165, 1.54) is 18.2 Å². The number of hydrogen-bond donors (Lipinski definition) is 1. The van der Waals surface area contributed by atoms with Gasteiger partial charge in [-0.1, -0.05) is 19.9 Å². The van der Waals surface area contributed by atoms with E-state index in [1.54, 1.807) is 0 Å². The molecule has 1 aliphatic rings. The van der Waals surface area contributed by atoms with Crippen LogP contribution in [0.25, 0.3) is 0 Å². The first-order chi connectivity index (χ1) is 10.9. The number of amides is 1. The van der Waals surface area contributed by atoms with E-state index in [-0.39, 0.29) is 35.7 Å². The number of nitro benzene ring substituents is 1. The number of piperidine rings is 1. The van der Waals surface area contributed by atoms with E-state index >= 15 is 0 Å². The molecule has 126 valence electrons.